The average molecular weight is 393 g/mol. The molecular formula is C21H29ClN2O3. The van der Waals surface area contributed by atoms with Gasteiger partial charge in [0, 0.05) is 17.7 Å². The van der Waals surface area contributed by atoms with Crippen LogP contribution in [0.25, 0.3) is 0 Å². The largest absolute Gasteiger partial charge is 0.506 e. The quantitative estimate of drug-likeness (QED) is 0.608. The number of hydrogen-bond donors (Lipinski definition) is 4. The van der Waals surface area contributed by atoms with Crippen LogP contribution in [0.1, 0.15) is 64.0 Å². The summed E-state index contributed by atoms with van der Waals surface area (Å²) in [7, 11) is 0. The highest BCUT2D eigenvalue weighted by Crippen LogP contribution is 2.36. The normalized spacial score (nSPS) is 28.7. The zero-order chi connectivity index (χ0) is 19.6. The Bertz CT molecular complexity index is 726. The fourth-order valence-electron chi connectivity index (χ4n) is 4.19. The number of aliphatic hydroxyl groups is 1. The first-order valence-electron chi connectivity index (χ1n) is 9.84. The Kier molecular flexibility index (Phi) is 6.45. The van der Waals surface area contributed by atoms with Crippen molar-refractivity contribution in [1.82, 2.24) is 10.6 Å². The highest BCUT2D eigenvalue weighted by molar-refractivity contribution is 6.32. The van der Waals surface area contributed by atoms with E-state index in [-0.39, 0.29) is 16.6 Å². The van der Waals surface area contributed by atoms with Gasteiger partial charge in [-0.3, -0.25) is 10.1 Å². The topological polar surface area (TPSA) is 81.6 Å². The molecule has 1 heterocycles. The number of benzene rings is 1. The van der Waals surface area contributed by atoms with Crippen LogP contribution in [0.5, 0.6) is 5.75 Å². The van der Waals surface area contributed by atoms with Crippen LogP contribution >= 0.6 is 11.6 Å². The number of aliphatic hydroxyl groups excluding tert-OH is 1. The lowest BCUT2D eigenvalue weighted by Crippen LogP contribution is -2.50. The Balaban J connectivity index is 1.88. The number of allylic oxidation sites excluding steroid dienone is 1. The van der Waals surface area contributed by atoms with Crippen LogP contribution < -0.4 is 10.6 Å². The highest BCUT2D eigenvalue weighted by atomic mass is 35.5. The van der Waals surface area contributed by atoms with Crippen LogP contribution in [0.4, 0.5) is 0 Å². The third-order valence-electron chi connectivity index (χ3n) is 5.82. The summed E-state index contributed by atoms with van der Waals surface area (Å²) in [4.78, 5) is 13.3. The monoisotopic (exact) mass is 392 g/mol. The molecule has 1 unspecified atom stereocenters. The van der Waals surface area contributed by atoms with Crippen LogP contribution in [-0.2, 0) is 4.79 Å². The molecule has 1 aliphatic carbocycles. The van der Waals surface area contributed by atoms with Crippen molar-refractivity contribution in [3.05, 3.63) is 40.1 Å². The molecule has 0 bridgehead atoms. The second-order valence-corrected chi connectivity index (χ2v) is 8.26. The maximum absolute atomic E-state index is 13.3. The summed E-state index contributed by atoms with van der Waals surface area (Å²) in [6.45, 7) is 4.24. The lowest BCUT2D eigenvalue weighted by atomic mass is 9.78. The fourth-order valence-corrected chi connectivity index (χ4v) is 4.38. The Labute approximate surface area is 165 Å². The van der Waals surface area contributed by atoms with Gasteiger partial charge in [-0.1, -0.05) is 44.4 Å². The first-order chi connectivity index (χ1) is 12.9. The number of halogens is 1. The molecule has 4 N–H and O–H groups in total. The molecule has 0 spiro atoms. The molecule has 0 amide bonds. The standard InChI is InChI=1S/C21H29ClN2O3/c1-3-16-19(18(26)10-13-6-4-12(2)5-7-13)20(24-21(27)23-16)14-8-9-17(25)15(22)11-14/h8-9,11-13,20-21,23-25,27H,3-7,10H2,1-2H3/t12?,13?,20-,21?/m0/s1. The second-order valence-electron chi connectivity index (χ2n) is 7.86. The molecule has 148 valence electrons. The van der Waals surface area contributed by atoms with Gasteiger partial charge in [-0.25, -0.2) is 0 Å². The molecule has 1 fully saturated rings. The summed E-state index contributed by atoms with van der Waals surface area (Å²) in [5, 5.41) is 26.1. The van der Waals surface area contributed by atoms with Crippen molar-refractivity contribution in [2.45, 2.75) is 64.8 Å². The Morgan fingerprint density at radius 3 is 2.59 bits per heavy atom. The van der Waals surface area contributed by atoms with Crippen LogP contribution in [0.2, 0.25) is 5.02 Å². The highest BCUT2D eigenvalue weighted by Gasteiger charge is 2.33. The Hall–Kier alpha value is -1.56. The van der Waals surface area contributed by atoms with Gasteiger partial charge in [0.25, 0.3) is 0 Å². The number of phenolic OH excluding ortho intramolecular Hbond substituents is 1. The van der Waals surface area contributed by atoms with Crippen molar-refractivity contribution in [3.63, 3.8) is 0 Å². The molecule has 1 aromatic rings. The number of rotatable bonds is 5. The molecule has 0 aromatic heterocycles. The van der Waals surface area contributed by atoms with Gasteiger partial charge in [-0.15, -0.1) is 0 Å². The molecule has 2 aliphatic rings. The molecular weight excluding hydrogens is 364 g/mol. The zero-order valence-electron chi connectivity index (χ0n) is 16.0. The summed E-state index contributed by atoms with van der Waals surface area (Å²) in [5.41, 5.74) is 2.19. The van der Waals surface area contributed by atoms with Crippen molar-refractivity contribution in [3.8, 4) is 5.75 Å². The predicted octanol–water partition coefficient (Wildman–Crippen LogP) is 4.01. The summed E-state index contributed by atoms with van der Waals surface area (Å²) < 4.78 is 0. The van der Waals surface area contributed by atoms with Crippen molar-refractivity contribution in [1.29, 1.82) is 0 Å². The van der Waals surface area contributed by atoms with Crippen LogP contribution in [0, 0.1) is 11.8 Å². The van der Waals surface area contributed by atoms with Crippen molar-refractivity contribution >= 4 is 17.4 Å². The zero-order valence-corrected chi connectivity index (χ0v) is 16.7. The van der Waals surface area contributed by atoms with Crippen molar-refractivity contribution in [2.24, 2.45) is 11.8 Å². The number of carbonyl (C=O) groups is 1. The van der Waals surface area contributed by atoms with E-state index in [1.54, 1.807) is 12.1 Å². The number of nitrogens with one attached hydrogen (secondary N) is 2. The predicted molar refractivity (Wildman–Crippen MR) is 106 cm³/mol. The first kappa shape index (κ1) is 20.2. The maximum atomic E-state index is 13.3. The average Bonchev–Trinajstić information content (AvgIpc) is 2.65. The number of hydrogen-bond acceptors (Lipinski definition) is 5. The van der Waals surface area contributed by atoms with Crippen molar-refractivity contribution in [2.75, 3.05) is 0 Å². The molecule has 0 radical (unpaired) electrons. The third-order valence-corrected chi connectivity index (χ3v) is 6.12. The van der Waals surface area contributed by atoms with Gasteiger partial charge in [0.05, 0.1) is 11.1 Å². The van der Waals surface area contributed by atoms with E-state index in [4.69, 9.17) is 11.6 Å². The minimum Gasteiger partial charge on any atom is -0.506 e. The van der Waals surface area contributed by atoms with Gasteiger partial charge >= 0.3 is 0 Å². The van der Waals surface area contributed by atoms with Gasteiger partial charge in [-0.2, -0.15) is 0 Å². The van der Waals surface area contributed by atoms with Gasteiger partial charge in [0.2, 0.25) is 0 Å². The summed E-state index contributed by atoms with van der Waals surface area (Å²) in [6, 6.07) is 4.45. The molecule has 2 atom stereocenters. The molecule has 3 rings (SSSR count). The fraction of sp³-hybridized carbons (Fsp3) is 0.571. The smallest absolute Gasteiger partial charge is 0.182 e. The van der Waals surface area contributed by atoms with E-state index in [0.717, 1.165) is 30.0 Å². The van der Waals surface area contributed by atoms with Crippen LogP contribution in [-0.4, -0.2) is 22.3 Å². The number of aromatic hydroxyl groups is 1. The van der Waals surface area contributed by atoms with E-state index in [9.17, 15) is 15.0 Å². The second kappa shape index (κ2) is 8.63. The maximum Gasteiger partial charge on any atom is 0.182 e. The van der Waals surface area contributed by atoms with Gasteiger partial charge in [0.1, 0.15) is 5.75 Å². The van der Waals surface area contributed by atoms with E-state index >= 15 is 0 Å². The van der Waals surface area contributed by atoms with Gasteiger partial charge in [-0.05, 0) is 48.8 Å². The lowest BCUT2D eigenvalue weighted by molar-refractivity contribution is -0.117. The molecule has 1 aliphatic heterocycles. The molecule has 27 heavy (non-hydrogen) atoms. The number of phenols is 1. The molecule has 1 aromatic carbocycles. The van der Waals surface area contributed by atoms with Gasteiger partial charge in [0.15, 0.2) is 12.1 Å². The minimum atomic E-state index is -0.940. The third kappa shape index (κ3) is 4.65. The Morgan fingerprint density at radius 2 is 1.96 bits per heavy atom. The molecule has 6 heteroatoms. The van der Waals surface area contributed by atoms with E-state index in [1.165, 1.54) is 18.9 Å². The number of carbonyl (C=O) groups excluding carboxylic acids is 1. The first-order valence-corrected chi connectivity index (χ1v) is 10.2. The summed E-state index contributed by atoms with van der Waals surface area (Å²) >= 11 is 6.08. The van der Waals surface area contributed by atoms with E-state index in [2.05, 4.69) is 17.6 Å². The number of Topliss-reactive ketones (excluding diaryl/α,β-unsaturated/α-hetero) is 1. The minimum absolute atomic E-state index is 0.00111. The SMILES string of the molecule is CCC1=C(C(=O)CC2CCC(C)CC2)[C@H](c2ccc(O)c(Cl)c2)NC(O)N1. The lowest BCUT2D eigenvalue weighted by Gasteiger charge is -2.35. The van der Waals surface area contributed by atoms with E-state index in [1.807, 2.05) is 6.92 Å². The van der Waals surface area contributed by atoms with Crippen LogP contribution in [0.15, 0.2) is 29.5 Å². The van der Waals surface area contributed by atoms with Gasteiger partial charge < -0.3 is 15.5 Å². The summed E-state index contributed by atoms with van der Waals surface area (Å²) in [6.07, 6.45) is 4.79. The summed E-state index contributed by atoms with van der Waals surface area (Å²) in [5.74, 6) is 1.29. The molecule has 0 saturated heterocycles. The number of ketones is 1. The van der Waals surface area contributed by atoms with Crippen molar-refractivity contribution < 1.29 is 15.0 Å². The van der Waals surface area contributed by atoms with E-state index in [0.29, 0.717) is 24.3 Å². The molecule has 1 saturated carbocycles. The van der Waals surface area contributed by atoms with E-state index < -0.39 is 12.4 Å². The Morgan fingerprint density at radius 1 is 1.26 bits per heavy atom. The molecule has 5 nitrogen and oxygen atoms in total. The van der Waals surface area contributed by atoms with Crippen LogP contribution in [0.3, 0.4) is 0 Å².